The van der Waals surface area contributed by atoms with Gasteiger partial charge in [-0.15, -0.1) is 0 Å². The Balaban J connectivity index is 2.80. The van der Waals surface area contributed by atoms with Gasteiger partial charge >= 0.3 is 0 Å². The van der Waals surface area contributed by atoms with Gasteiger partial charge in [0, 0.05) is 0 Å². The van der Waals surface area contributed by atoms with E-state index in [4.69, 9.17) is 45.2 Å². The molecular formula is C34H80O10Si7. The van der Waals surface area contributed by atoms with E-state index >= 15 is 0 Å². The molecule has 0 saturated carbocycles. The minimum atomic E-state index is -2.18. The lowest BCUT2D eigenvalue weighted by atomic mass is 9.97. The third kappa shape index (κ3) is 17.9. The Hall–Kier alpha value is 1.12. The molecule has 0 aromatic carbocycles. The van der Waals surface area contributed by atoms with Crippen molar-refractivity contribution in [3.8, 4) is 0 Å². The maximum absolute atomic E-state index is 7.18. The highest BCUT2D eigenvalue weighted by Crippen LogP contribution is 2.39. The first-order chi connectivity index (χ1) is 22.6. The fraction of sp³-hybridized carbons (Fsp3) is 1.00. The van der Waals surface area contributed by atoms with Crippen LogP contribution in [0.2, 0.25) is 137 Å². The summed E-state index contributed by atoms with van der Waals surface area (Å²) >= 11 is 0. The van der Waals surface area contributed by atoms with Crippen LogP contribution in [0, 0.1) is 0 Å². The molecule has 2 saturated heterocycles. The minimum absolute atomic E-state index is 0.257. The molecule has 2 rings (SSSR count). The highest BCUT2D eigenvalue weighted by Gasteiger charge is 2.56. The zero-order valence-electron chi connectivity index (χ0n) is 36.8. The van der Waals surface area contributed by atoms with Crippen LogP contribution in [0.5, 0.6) is 0 Å². The third-order valence-corrected chi connectivity index (χ3v) is 14.4. The van der Waals surface area contributed by atoms with Gasteiger partial charge in [0.1, 0.15) is 36.6 Å². The highest BCUT2D eigenvalue weighted by atomic mass is 28.4. The van der Waals surface area contributed by atoms with Crippen LogP contribution in [0.3, 0.4) is 0 Å². The van der Waals surface area contributed by atoms with E-state index in [1.54, 1.807) is 0 Å². The van der Waals surface area contributed by atoms with Crippen LogP contribution in [0.25, 0.3) is 0 Å². The van der Waals surface area contributed by atoms with E-state index in [2.05, 4.69) is 144 Å². The Morgan fingerprint density at radius 2 is 0.627 bits per heavy atom. The Morgan fingerprint density at radius 3 is 0.922 bits per heavy atom. The van der Waals surface area contributed by atoms with E-state index < -0.39 is 95.2 Å². The molecule has 0 bridgehead atoms. The first kappa shape index (κ1) is 48.3. The standard InChI is InChI=1S/C34H80O10Si7/c1-23-25-27(39-46(5,6)7)29(41-48(11,12)13)31(43-50(17,18)19)33(36-25)38-34-32(44-51(20,21)22)30(42-49(14,15)16)28(40-47(8,9)10)26(37-34)24-35-45(2,3)4/h25-34H,23-24H2,1-22H3/t25?,26-,27-,28-,29?,30?,31+,32?,33-,34-/m1/s1. The van der Waals surface area contributed by atoms with Crippen molar-refractivity contribution < 1.29 is 45.2 Å². The van der Waals surface area contributed by atoms with Crippen molar-refractivity contribution in [2.45, 2.75) is 212 Å². The predicted molar refractivity (Wildman–Crippen MR) is 227 cm³/mol. The Kier molecular flexibility index (Phi) is 16.8. The van der Waals surface area contributed by atoms with Crippen LogP contribution in [-0.2, 0) is 45.2 Å². The Morgan fingerprint density at radius 1 is 0.353 bits per heavy atom. The van der Waals surface area contributed by atoms with Gasteiger partial charge in [-0.2, -0.15) is 0 Å². The van der Waals surface area contributed by atoms with E-state index in [1.807, 2.05) is 0 Å². The van der Waals surface area contributed by atoms with Gasteiger partial charge in [-0.05, 0) is 144 Å². The van der Waals surface area contributed by atoms with Crippen LogP contribution < -0.4 is 0 Å². The maximum atomic E-state index is 7.18. The molecule has 304 valence electrons. The zero-order valence-corrected chi connectivity index (χ0v) is 43.8. The fourth-order valence-corrected chi connectivity index (χ4v) is 13.3. The van der Waals surface area contributed by atoms with Gasteiger partial charge in [-0.25, -0.2) is 0 Å². The van der Waals surface area contributed by atoms with E-state index in [-0.39, 0.29) is 24.4 Å². The molecule has 4 unspecified atom stereocenters. The summed E-state index contributed by atoms with van der Waals surface area (Å²) < 4.78 is 70.0. The van der Waals surface area contributed by atoms with Crippen molar-refractivity contribution in [3.63, 3.8) is 0 Å². The molecule has 0 radical (unpaired) electrons. The van der Waals surface area contributed by atoms with E-state index in [9.17, 15) is 0 Å². The first-order valence-electron chi connectivity index (χ1n) is 19.2. The van der Waals surface area contributed by atoms with Gasteiger partial charge in [0.25, 0.3) is 0 Å². The van der Waals surface area contributed by atoms with Gasteiger partial charge in [-0.3, -0.25) is 0 Å². The van der Waals surface area contributed by atoms with Gasteiger partial charge in [0.2, 0.25) is 0 Å². The van der Waals surface area contributed by atoms with E-state index in [0.717, 1.165) is 6.42 Å². The normalized spacial score (nSPS) is 32.4. The average Bonchev–Trinajstić information content (AvgIpc) is 2.84. The third-order valence-electron chi connectivity index (χ3n) is 7.47. The summed E-state index contributed by atoms with van der Waals surface area (Å²) in [6, 6.07) is 0. The van der Waals surface area contributed by atoms with E-state index in [0.29, 0.717) is 6.61 Å². The molecule has 0 aromatic rings. The molecule has 0 amide bonds. The van der Waals surface area contributed by atoms with Gasteiger partial charge < -0.3 is 45.2 Å². The Bertz CT molecular complexity index is 1070. The predicted octanol–water partition coefficient (Wildman–Crippen LogP) is 9.03. The summed E-state index contributed by atoms with van der Waals surface area (Å²) in [4.78, 5) is 0. The van der Waals surface area contributed by atoms with Crippen molar-refractivity contribution >= 4 is 58.2 Å². The highest BCUT2D eigenvalue weighted by molar-refractivity contribution is 6.72. The van der Waals surface area contributed by atoms with Gasteiger partial charge in [0.05, 0.1) is 18.8 Å². The molecule has 51 heavy (non-hydrogen) atoms. The summed E-state index contributed by atoms with van der Waals surface area (Å²) in [6.45, 7) is 48.9. The molecule has 0 aromatic heterocycles. The average molecular weight is 846 g/mol. The van der Waals surface area contributed by atoms with Crippen LogP contribution >= 0.6 is 0 Å². The summed E-state index contributed by atoms with van der Waals surface area (Å²) in [6.07, 6.45) is -4.14. The molecular weight excluding hydrogens is 765 g/mol. The zero-order chi connectivity index (χ0) is 39.8. The summed E-state index contributed by atoms with van der Waals surface area (Å²) in [5.74, 6) is 0. The molecule has 10 atom stereocenters. The van der Waals surface area contributed by atoms with E-state index in [1.165, 1.54) is 0 Å². The number of hydrogen-bond acceptors (Lipinski definition) is 10. The lowest BCUT2D eigenvalue weighted by Gasteiger charge is -2.54. The fourth-order valence-electron chi connectivity index (χ4n) is 6.16. The molecule has 0 aliphatic carbocycles. The second-order valence-corrected chi connectivity index (χ2v) is 52.5. The van der Waals surface area contributed by atoms with Crippen LogP contribution in [-0.4, -0.2) is 126 Å². The summed E-state index contributed by atoms with van der Waals surface area (Å²) in [5, 5.41) is 0. The number of hydrogen-bond donors (Lipinski definition) is 0. The summed E-state index contributed by atoms with van der Waals surface area (Å²) in [7, 11) is -14.6. The monoisotopic (exact) mass is 844 g/mol. The maximum Gasteiger partial charge on any atom is 0.188 e. The second kappa shape index (κ2) is 17.7. The van der Waals surface area contributed by atoms with Crippen molar-refractivity contribution in [2.75, 3.05) is 6.61 Å². The largest absolute Gasteiger partial charge is 0.415 e. The Labute approximate surface area is 320 Å². The quantitative estimate of drug-likeness (QED) is 0.125. The SMILES string of the molecule is CCC1O[C@H](O[C@H]2O[C@H](CO[Si](C)(C)C)[C@@H](O[Si](C)(C)C)C(O[Si](C)(C)C)C2O[Si](C)(C)C)[C@@H](O[Si](C)(C)C)C(O[Si](C)(C)C)[C@@H]1O[Si](C)(C)C. The lowest BCUT2D eigenvalue weighted by Crippen LogP contribution is -2.69. The van der Waals surface area contributed by atoms with Crippen molar-refractivity contribution in [1.82, 2.24) is 0 Å². The first-order valence-corrected chi connectivity index (χ1v) is 43.1. The molecule has 2 fully saturated rings. The number of ether oxygens (including phenoxy) is 3. The van der Waals surface area contributed by atoms with Crippen LogP contribution in [0.4, 0.5) is 0 Å². The van der Waals surface area contributed by atoms with Crippen molar-refractivity contribution in [2.24, 2.45) is 0 Å². The van der Waals surface area contributed by atoms with Crippen molar-refractivity contribution in [3.05, 3.63) is 0 Å². The number of rotatable bonds is 18. The van der Waals surface area contributed by atoms with Crippen LogP contribution in [0.15, 0.2) is 0 Å². The molecule has 17 heteroatoms. The molecule has 10 nitrogen and oxygen atoms in total. The smallest absolute Gasteiger partial charge is 0.188 e. The lowest BCUT2D eigenvalue weighted by molar-refractivity contribution is -0.367. The van der Waals surface area contributed by atoms with Gasteiger partial charge in [-0.1, -0.05) is 6.92 Å². The molecule has 2 aliphatic heterocycles. The minimum Gasteiger partial charge on any atom is -0.415 e. The second-order valence-electron chi connectivity index (χ2n) is 21.2. The topological polar surface area (TPSA) is 92.3 Å². The molecule has 0 spiro atoms. The van der Waals surface area contributed by atoms with Crippen LogP contribution in [0.1, 0.15) is 13.3 Å². The molecule has 0 N–H and O–H groups in total. The summed E-state index contributed by atoms with van der Waals surface area (Å²) in [5.41, 5.74) is 0. The van der Waals surface area contributed by atoms with Gasteiger partial charge in [0.15, 0.2) is 70.8 Å². The molecule has 2 aliphatic rings. The van der Waals surface area contributed by atoms with Crippen molar-refractivity contribution in [1.29, 1.82) is 0 Å². The molecule has 2 heterocycles.